The van der Waals surface area contributed by atoms with E-state index in [1.807, 2.05) is 49.4 Å². The molecule has 3 aromatic rings. The third kappa shape index (κ3) is 8.49. The molecule has 0 radical (unpaired) electrons. The third-order valence-electron chi connectivity index (χ3n) is 6.45. The minimum absolute atomic E-state index is 0.00155. The van der Waals surface area contributed by atoms with Crippen LogP contribution in [0, 0.1) is 12.7 Å². The fourth-order valence-electron chi connectivity index (χ4n) is 4.33. The highest BCUT2D eigenvalue weighted by Gasteiger charge is 2.23. The molecule has 6 nitrogen and oxygen atoms in total. The van der Waals surface area contributed by atoms with Crippen LogP contribution >= 0.6 is 11.3 Å². The summed E-state index contributed by atoms with van der Waals surface area (Å²) in [4.78, 5) is 35.0. The van der Waals surface area contributed by atoms with Gasteiger partial charge in [0.1, 0.15) is 5.82 Å². The van der Waals surface area contributed by atoms with E-state index in [1.165, 1.54) is 17.0 Å². The Morgan fingerprint density at radius 3 is 2.30 bits per heavy atom. The Kier molecular flexibility index (Phi) is 9.82. The van der Waals surface area contributed by atoms with Gasteiger partial charge in [-0.25, -0.2) is 4.39 Å². The molecule has 0 bridgehead atoms. The van der Waals surface area contributed by atoms with E-state index in [9.17, 15) is 14.0 Å². The lowest BCUT2D eigenvalue weighted by atomic mass is 10.1. The molecule has 0 N–H and O–H groups in total. The van der Waals surface area contributed by atoms with Crippen LogP contribution in [-0.2, 0) is 33.8 Å². The van der Waals surface area contributed by atoms with Crippen molar-refractivity contribution in [3.05, 3.63) is 93.4 Å². The van der Waals surface area contributed by atoms with Crippen LogP contribution < -0.4 is 0 Å². The Morgan fingerprint density at radius 2 is 1.62 bits per heavy atom. The first-order valence-corrected chi connectivity index (χ1v) is 13.5. The van der Waals surface area contributed by atoms with Crippen molar-refractivity contribution in [1.29, 1.82) is 0 Å². The van der Waals surface area contributed by atoms with Gasteiger partial charge in [0.05, 0.1) is 32.7 Å². The van der Waals surface area contributed by atoms with Crippen LogP contribution in [0.5, 0.6) is 0 Å². The topological polar surface area (TPSA) is 53.1 Å². The summed E-state index contributed by atoms with van der Waals surface area (Å²) in [6.07, 6.45) is 0.249. The smallest absolute Gasteiger partial charge is 0.242 e. The van der Waals surface area contributed by atoms with Gasteiger partial charge in [-0.3, -0.25) is 14.5 Å². The second-order valence-electron chi connectivity index (χ2n) is 9.32. The highest BCUT2D eigenvalue weighted by molar-refractivity contribution is 7.11. The number of carbonyl (C=O) groups excluding carboxylic acids is 2. The van der Waals surface area contributed by atoms with Crippen LogP contribution in [0.15, 0.2) is 66.7 Å². The number of thiophene rings is 1. The predicted octanol–water partition coefficient (Wildman–Crippen LogP) is 4.13. The lowest BCUT2D eigenvalue weighted by Crippen LogP contribution is -2.47. The molecule has 1 fully saturated rings. The maximum Gasteiger partial charge on any atom is 0.242 e. The quantitative estimate of drug-likeness (QED) is 0.379. The van der Waals surface area contributed by atoms with E-state index in [2.05, 4.69) is 4.90 Å². The molecule has 1 aromatic heterocycles. The van der Waals surface area contributed by atoms with E-state index >= 15 is 0 Å². The summed E-state index contributed by atoms with van der Waals surface area (Å²) in [6, 6.07) is 19.9. The normalized spacial score (nSPS) is 13.9. The molecule has 0 saturated carbocycles. The van der Waals surface area contributed by atoms with Crippen molar-refractivity contribution in [1.82, 2.24) is 14.7 Å². The van der Waals surface area contributed by atoms with Gasteiger partial charge in [0.2, 0.25) is 11.8 Å². The Balaban J connectivity index is 1.49. The summed E-state index contributed by atoms with van der Waals surface area (Å²) < 4.78 is 18.9. The molecular formula is C29H34FN3O3S. The number of hydrogen-bond acceptors (Lipinski definition) is 5. The first-order valence-electron chi connectivity index (χ1n) is 12.7. The number of nitrogens with zero attached hydrogens (tertiary/aromatic N) is 3. The Morgan fingerprint density at radius 1 is 0.892 bits per heavy atom. The van der Waals surface area contributed by atoms with Crippen LogP contribution in [0.3, 0.4) is 0 Å². The molecule has 8 heteroatoms. The van der Waals surface area contributed by atoms with Gasteiger partial charge in [0.25, 0.3) is 0 Å². The summed E-state index contributed by atoms with van der Waals surface area (Å²) >= 11 is 1.65. The molecule has 2 aromatic carbocycles. The molecule has 0 spiro atoms. The SMILES string of the molecule is Cc1ccc(CN(Cc2ccc(F)cc2)C(=O)CN(CCN2CCOCC2)C(=O)Cc2ccccc2)s1. The highest BCUT2D eigenvalue weighted by Crippen LogP contribution is 2.19. The molecule has 37 heavy (non-hydrogen) atoms. The van der Waals surface area contributed by atoms with Crippen LogP contribution in [0.2, 0.25) is 0 Å². The minimum atomic E-state index is -0.309. The lowest BCUT2D eigenvalue weighted by Gasteiger charge is -2.31. The number of aryl methyl sites for hydroxylation is 1. The summed E-state index contributed by atoms with van der Waals surface area (Å²) in [6.45, 7) is 7.01. The highest BCUT2D eigenvalue weighted by atomic mass is 32.1. The van der Waals surface area contributed by atoms with Crippen LogP contribution in [-0.4, -0.2) is 72.5 Å². The maximum absolute atomic E-state index is 13.7. The molecule has 0 unspecified atom stereocenters. The molecule has 2 amide bonds. The van der Waals surface area contributed by atoms with E-state index in [0.717, 1.165) is 29.1 Å². The van der Waals surface area contributed by atoms with E-state index in [4.69, 9.17) is 4.74 Å². The fraction of sp³-hybridized carbons (Fsp3) is 0.379. The Labute approximate surface area is 222 Å². The van der Waals surface area contributed by atoms with Gasteiger partial charge in [-0.2, -0.15) is 0 Å². The average molecular weight is 524 g/mol. The summed E-state index contributed by atoms with van der Waals surface area (Å²) in [5.74, 6) is -0.503. The number of hydrogen-bond donors (Lipinski definition) is 0. The first kappa shape index (κ1) is 27.0. The summed E-state index contributed by atoms with van der Waals surface area (Å²) in [7, 11) is 0. The second-order valence-corrected chi connectivity index (χ2v) is 10.7. The van der Waals surface area contributed by atoms with Crippen molar-refractivity contribution in [2.75, 3.05) is 45.9 Å². The maximum atomic E-state index is 13.7. The van der Waals surface area contributed by atoms with Gasteiger partial charge in [0, 0.05) is 42.5 Å². The molecule has 0 atom stereocenters. The predicted molar refractivity (Wildman–Crippen MR) is 144 cm³/mol. The summed E-state index contributed by atoms with van der Waals surface area (Å²) in [5, 5.41) is 0. The zero-order chi connectivity index (χ0) is 26.0. The minimum Gasteiger partial charge on any atom is -0.379 e. The monoisotopic (exact) mass is 523 g/mol. The zero-order valence-corrected chi connectivity index (χ0v) is 22.1. The Hall–Kier alpha value is -3.07. The number of ether oxygens (including phenoxy) is 1. The molecule has 196 valence electrons. The molecule has 4 rings (SSSR count). The van der Waals surface area contributed by atoms with Crippen molar-refractivity contribution in [3.8, 4) is 0 Å². The van der Waals surface area contributed by atoms with E-state index in [1.54, 1.807) is 33.3 Å². The van der Waals surface area contributed by atoms with Crippen molar-refractivity contribution in [3.63, 3.8) is 0 Å². The number of halogens is 1. The molecule has 1 aliphatic heterocycles. The number of carbonyl (C=O) groups is 2. The van der Waals surface area contributed by atoms with Crippen LogP contribution in [0.1, 0.15) is 20.9 Å². The number of amides is 2. The van der Waals surface area contributed by atoms with Gasteiger partial charge in [-0.05, 0) is 42.3 Å². The summed E-state index contributed by atoms with van der Waals surface area (Å²) in [5.41, 5.74) is 1.77. The number of rotatable bonds is 11. The van der Waals surface area contributed by atoms with Crippen LogP contribution in [0.25, 0.3) is 0 Å². The molecule has 1 aliphatic rings. The second kappa shape index (κ2) is 13.5. The van der Waals surface area contributed by atoms with E-state index < -0.39 is 0 Å². The van der Waals surface area contributed by atoms with Gasteiger partial charge in [-0.1, -0.05) is 42.5 Å². The number of morpholine rings is 1. The van der Waals surface area contributed by atoms with Crippen molar-refractivity contribution < 1.29 is 18.7 Å². The molecular weight excluding hydrogens is 489 g/mol. The first-order chi connectivity index (χ1) is 18.0. The molecule has 1 saturated heterocycles. The molecule has 2 heterocycles. The lowest BCUT2D eigenvalue weighted by molar-refractivity contribution is -0.141. The molecule has 0 aliphatic carbocycles. The third-order valence-corrected chi connectivity index (χ3v) is 7.43. The zero-order valence-electron chi connectivity index (χ0n) is 21.3. The fourth-order valence-corrected chi connectivity index (χ4v) is 5.23. The standard InChI is InChI=1S/C29H34FN3O3S/c1-23-7-12-27(37-23)21-33(20-25-8-10-26(30)11-9-25)29(35)22-32(14-13-31-15-17-36-18-16-31)28(34)19-24-5-3-2-4-6-24/h2-12H,13-22H2,1H3. The van der Waals surface area contributed by atoms with Gasteiger partial charge < -0.3 is 14.5 Å². The van der Waals surface area contributed by atoms with Crippen LogP contribution in [0.4, 0.5) is 4.39 Å². The average Bonchev–Trinajstić information content (AvgIpc) is 3.32. The van der Waals surface area contributed by atoms with E-state index in [-0.39, 0.29) is 30.6 Å². The van der Waals surface area contributed by atoms with E-state index in [0.29, 0.717) is 39.4 Å². The largest absolute Gasteiger partial charge is 0.379 e. The Bertz CT molecular complexity index is 1150. The number of benzene rings is 2. The van der Waals surface area contributed by atoms with Gasteiger partial charge in [-0.15, -0.1) is 11.3 Å². The van der Waals surface area contributed by atoms with Gasteiger partial charge >= 0.3 is 0 Å². The van der Waals surface area contributed by atoms with Crippen molar-refractivity contribution in [2.24, 2.45) is 0 Å². The van der Waals surface area contributed by atoms with Gasteiger partial charge in [0.15, 0.2) is 0 Å². The van der Waals surface area contributed by atoms with Crippen molar-refractivity contribution >= 4 is 23.2 Å². The van der Waals surface area contributed by atoms with Crippen molar-refractivity contribution in [2.45, 2.75) is 26.4 Å².